The van der Waals surface area contributed by atoms with Crippen molar-refractivity contribution in [1.82, 2.24) is 4.98 Å². The molecule has 1 heterocycles. The van der Waals surface area contributed by atoms with Gasteiger partial charge in [-0.1, -0.05) is 65.2 Å². The van der Waals surface area contributed by atoms with E-state index in [0.717, 1.165) is 63.9 Å². The van der Waals surface area contributed by atoms with Crippen molar-refractivity contribution in [3.8, 4) is 17.0 Å². The Morgan fingerprint density at radius 3 is 2.24 bits per heavy atom. The van der Waals surface area contributed by atoms with E-state index < -0.39 is 23.4 Å². The van der Waals surface area contributed by atoms with Crippen LogP contribution in [0.5, 0.6) is 5.75 Å². The Labute approximate surface area is 227 Å². The molecule has 0 amide bonds. The number of alkyl halides is 2. The van der Waals surface area contributed by atoms with Crippen molar-refractivity contribution in [3.63, 3.8) is 0 Å². The van der Waals surface area contributed by atoms with E-state index in [2.05, 4.69) is 18.8 Å². The van der Waals surface area contributed by atoms with Crippen molar-refractivity contribution in [1.29, 1.82) is 0 Å². The van der Waals surface area contributed by atoms with E-state index >= 15 is 13.2 Å². The van der Waals surface area contributed by atoms with Crippen LogP contribution >= 0.6 is 0 Å². The van der Waals surface area contributed by atoms with Crippen LogP contribution in [0.15, 0.2) is 30.3 Å². The van der Waals surface area contributed by atoms with Gasteiger partial charge >= 0.3 is 0 Å². The third kappa shape index (κ3) is 9.00. The first-order valence-electron chi connectivity index (χ1n) is 14.9. The molecule has 2 aromatic rings. The number of nitrogens with zero attached hydrogens (tertiary/aromatic N) is 1. The van der Waals surface area contributed by atoms with Gasteiger partial charge in [0.1, 0.15) is 5.75 Å². The molecule has 212 valence electrons. The van der Waals surface area contributed by atoms with Gasteiger partial charge in [0, 0.05) is 24.7 Å². The molecule has 1 aromatic heterocycles. The van der Waals surface area contributed by atoms with Crippen LogP contribution in [0.2, 0.25) is 0 Å². The molecule has 1 unspecified atom stereocenters. The van der Waals surface area contributed by atoms with Crippen LogP contribution in [0.25, 0.3) is 11.3 Å². The molecule has 6 heteroatoms. The molecule has 1 aromatic carbocycles. The van der Waals surface area contributed by atoms with Crippen LogP contribution in [0.1, 0.15) is 108 Å². The number of halogens is 3. The number of aryl methyl sites for hydroxylation is 1. The number of rotatable bonds is 18. The molecule has 1 atom stereocenters. The second-order valence-corrected chi connectivity index (χ2v) is 10.6. The first kappa shape index (κ1) is 30.5. The van der Waals surface area contributed by atoms with Crippen molar-refractivity contribution in [3.05, 3.63) is 47.4 Å². The topological polar surface area (TPSA) is 31.4 Å². The molecule has 0 spiro atoms. The summed E-state index contributed by atoms with van der Waals surface area (Å²) in [6, 6.07) is 8.89. The number of hydrogen-bond donors (Lipinski definition) is 0. The highest BCUT2D eigenvalue weighted by molar-refractivity contribution is 5.62. The predicted molar refractivity (Wildman–Crippen MR) is 148 cm³/mol. The maximum absolute atomic E-state index is 15.3. The predicted octanol–water partition coefficient (Wildman–Crippen LogP) is 9.66. The maximum atomic E-state index is 15.3. The summed E-state index contributed by atoms with van der Waals surface area (Å²) in [5.41, 5.74) is 0.976. The Morgan fingerprint density at radius 1 is 0.842 bits per heavy atom. The average molecular weight is 534 g/mol. The molecule has 0 aliphatic heterocycles. The van der Waals surface area contributed by atoms with Crippen molar-refractivity contribution in [2.45, 2.75) is 110 Å². The monoisotopic (exact) mass is 533 g/mol. The molecule has 38 heavy (non-hydrogen) atoms. The minimum atomic E-state index is -3.18. The lowest BCUT2D eigenvalue weighted by Gasteiger charge is -2.33. The van der Waals surface area contributed by atoms with E-state index in [4.69, 9.17) is 9.47 Å². The Kier molecular flexibility index (Phi) is 12.9. The van der Waals surface area contributed by atoms with E-state index in [1.807, 2.05) is 24.3 Å². The van der Waals surface area contributed by atoms with Gasteiger partial charge in [0.15, 0.2) is 0 Å². The fourth-order valence-electron chi connectivity index (χ4n) is 5.22. The molecule has 0 N–H and O–H groups in total. The molecule has 0 saturated heterocycles. The van der Waals surface area contributed by atoms with Gasteiger partial charge in [-0.25, -0.2) is 13.8 Å². The van der Waals surface area contributed by atoms with Gasteiger partial charge in [0.05, 0.1) is 17.9 Å². The second kappa shape index (κ2) is 16.1. The lowest BCUT2D eigenvalue weighted by Crippen LogP contribution is -2.33. The summed E-state index contributed by atoms with van der Waals surface area (Å²) in [7, 11) is 0. The number of ether oxygens (including phenoxy) is 2. The molecule has 0 saturated carbocycles. The lowest BCUT2D eigenvalue weighted by atomic mass is 9.78. The summed E-state index contributed by atoms with van der Waals surface area (Å²) in [6.07, 6.45) is 13.0. The van der Waals surface area contributed by atoms with Gasteiger partial charge in [-0.2, -0.15) is 4.39 Å². The van der Waals surface area contributed by atoms with Gasteiger partial charge in [-0.15, -0.1) is 0 Å². The first-order valence-corrected chi connectivity index (χ1v) is 14.9. The van der Waals surface area contributed by atoms with Crippen LogP contribution in [0.3, 0.4) is 0 Å². The third-order valence-electron chi connectivity index (χ3n) is 7.57. The van der Waals surface area contributed by atoms with Gasteiger partial charge < -0.3 is 9.47 Å². The highest BCUT2D eigenvalue weighted by Crippen LogP contribution is 2.47. The molecule has 1 aliphatic carbocycles. The maximum Gasteiger partial charge on any atom is 0.280 e. The smallest absolute Gasteiger partial charge is 0.280 e. The molecule has 3 rings (SSSR count). The zero-order chi connectivity index (χ0) is 27.2. The van der Waals surface area contributed by atoms with Gasteiger partial charge in [-0.3, -0.25) is 0 Å². The van der Waals surface area contributed by atoms with Crippen LogP contribution in [-0.4, -0.2) is 24.8 Å². The van der Waals surface area contributed by atoms with Crippen molar-refractivity contribution < 1.29 is 22.6 Å². The van der Waals surface area contributed by atoms with E-state index in [9.17, 15) is 0 Å². The minimum Gasteiger partial charge on any atom is -0.494 e. The number of fused-ring (bicyclic) bond motifs is 1. The molecule has 0 radical (unpaired) electrons. The minimum absolute atomic E-state index is 0.384. The Hall–Kier alpha value is -2.08. The average Bonchev–Trinajstić information content (AvgIpc) is 2.90. The second-order valence-electron chi connectivity index (χ2n) is 10.6. The number of hydrogen-bond acceptors (Lipinski definition) is 3. The standard InChI is InChI=1S/C32H46F3NO2/c1-3-5-7-8-9-10-11-14-27-18-15-26-24-29(36-31(33)30(26)32(27,34)35)25-16-19-28(20-17-25)38-23-13-12-22-37-21-6-4-2/h16-17,19-20,24,27H,3-15,18,21-23H2,1-2H3. The molecular formula is C32H46F3NO2. The highest BCUT2D eigenvalue weighted by atomic mass is 19.3. The SMILES string of the molecule is CCCCCCCCCC1CCc2cc(-c3ccc(OCCCCOCCCC)cc3)nc(F)c2C1(F)F. The van der Waals surface area contributed by atoms with Gasteiger partial charge in [-0.05, 0) is 74.4 Å². The number of aromatic nitrogens is 1. The molecule has 3 nitrogen and oxygen atoms in total. The van der Waals surface area contributed by atoms with Crippen LogP contribution in [0.4, 0.5) is 13.2 Å². The highest BCUT2D eigenvalue weighted by Gasteiger charge is 2.47. The summed E-state index contributed by atoms with van der Waals surface area (Å²) >= 11 is 0. The molecule has 0 bridgehead atoms. The van der Waals surface area contributed by atoms with Crippen molar-refractivity contribution >= 4 is 0 Å². The fourth-order valence-corrected chi connectivity index (χ4v) is 5.22. The number of unbranched alkanes of at least 4 members (excludes halogenated alkanes) is 8. The zero-order valence-corrected chi connectivity index (χ0v) is 23.4. The summed E-state index contributed by atoms with van der Waals surface area (Å²) in [5.74, 6) is -4.30. The van der Waals surface area contributed by atoms with Gasteiger partial charge in [0.25, 0.3) is 5.92 Å². The Bertz CT molecular complexity index is 948. The zero-order valence-electron chi connectivity index (χ0n) is 23.4. The lowest BCUT2D eigenvalue weighted by molar-refractivity contribution is -0.0824. The van der Waals surface area contributed by atoms with Crippen LogP contribution in [0, 0.1) is 11.9 Å². The van der Waals surface area contributed by atoms with Crippen molar-refractivity contribution in [2.24, 2.45) is 5.92 Å². The Morgan fingerprint density at radius 2 is 1.50 bits per heavy atom. The summed E-state index contributed by atoms with van der Waals surface area (Å²) in [6.45, 7) is 6.48. The Balaban J connectivity index is 1.52. The van der Waals surface area contributed by atoms with Crippen LogP contribution < -0.4 is 4.74 Å². The van der Waals surface area contributed by atoms with Crippen molar-refractivity contribution in [2.75, 3.05) is 19.8 Å². The van der Waals surface area contributed by atoms with E-state index in [1.54, 1.807) is 6.07 Å². The quantitative estimate of drug-likeness (QED) is 0.141. The summed E-state index contributed by atoms with van der Waals surface area (Å²) in [4.78, 5) is 3.97. The number of benzene rings is 1. The third-order valence-corrected chi connectivity index (χ3v) is 7.57. The number of pyridine rings is 1. The fraction of sp³-hybridized carbons (Fsp3) is 0.656. The first-order chi connectivity index (χ1) is 18.5. The molecule has 1 aliphatic rings. The van der Waals surface area contributed by atoms with E-state index in [-0.39, 0.29) is 0 Å². The molecular weight excluding hydrogens is 487 g/mol. The summed E-state index contributed by atoms with van der Waals surface area (Å²) in [5, 5.41) is 0. The molecule has 0 fully saturated rings. The van der Waals surface area contributed by atoms with Gasteiger partial charge in [0.2, 0.25) is 5.95 Å². The largest absolute Gasteiger partial charge is 0.494 e. The van der Waals surface area contributed by atoms with E-state index in [0.29, 0.717) is 42.7 Å². The normalized spacial score (nSPS) is 16.4. The van der Waals surface area contributed by atoms with E-state index in [1.165, 1.54) is 25.7 Å². The van der Waals surface area contributed by atoms with Crippen LogP contribution in [-0.2, 0) is 17.1 Å². The summed E-state index contributed by atoms with van der Waals surface area (Å²) < 4.78 is 57.1.